The quantitative estimate of drug-likeness (QED) is 0.0177. The molecule has 3 N–H and O–H groups in total. The molecule has 5 aromatic carbocycles. The third-order valence-electron chi connectivity index (χ3n) is 18.4. The fourth-order valence-corrected chi connectivity index (χ4v) is 13.4. The lowest BCUT2D eigenvalue weighted by atomic mass is 10.0. The van der Waals surface area contributed by atoms with Gasteiger partial charge < -0.3 is 58.9 Å². The maximum atomic E-state index is 13.0. The number of carbonyl (C=O) groups excluding carboxylic acids is 6. The van der Waals surface area contributed by atoms with Gasteiger partial charge in [-0.2, -0.15) is 0 Å². The maximum absolute atomic E-state index is 13.0. The average molecular weight is 1590 g/mol. The number of halogens is 4. The first-order valence-corrected chi connectivity index (χ1v) is 38.9. The number of alkyl carbamates (subject to hydrolysis) is 1. The molecule has 6 amide bonds. The topological polar surface area (TPSA) is 257 Å². The molecule has 3 fully saturated rings. The summed E-state index contributed by atoms with van der Waals surface area (Å²) in [6.07, 6.45) is 16.4. The van der Waals surface area contributed by atoms with E-state index in [-0.39, 0.29) is 80.8 Å². The van der Waals surface area contributed by atoms with Crippen LogP contribution in [-0.2, 0) is 44.8 Å². The number of carbonyl (C=O) groups is 6. The minimum absolute atomic E-state index is 0.00364. The molecule has 3 saturated heterocycles. The predicted molar refractivity (Wildman–Crippen MR) is 430 cm³/mol. The largest absolute Gasteiger partial charge is 0.490 e. The summed E-state index contributed by atoms with van der Waals surface area (Å²) >= 11 is 24.7. The Morgan fingerprint density at radius 2 is 0.811 bits per heavy atom. The van der Waals surface area contributed by atoms with Crippen molar-refractivity contribution in [3.63, 3.8) is 0 Å². The number of rotatable bonds is 25. The van der Waals surface area contributed by atoms with E-state index in [0.717, 1.165) is 94.4 Å². The van der Waals surface area contributed by atoms with Crippen LogP contribution in [0.2, 0.25) is 20.1 Å². The molecule has 4 aliphatic heterocycles. The molecule has 0 unspecified atom stereocenters. The van der Waals surface area contributed by atoms with Crippen LogP contribution < -0.4 is 25.3 Å². The minimum Gasteiger partial charge on any atom is -0.490 e. The number of likely N-dealkylation sites (tertiary alicyclic amines) is 3. The highest BCUT2D eigenvalue weighted by Gasteiger charge is 2.42. The monoisotopic (exact) mass is 1590 g/mol. The van der Waals surface area contributed by atoms with Crippen molar-refractivity contribution in [2.75, 3.05) is 59.1 Å². The summed E-state index contributed by atoms with van der Waals surface area (Å²) in [6, 6.07) is 40.1. The molecule has 0 saturated carbocycles. The lowest BCUT2D eigenvalue weighted by Gasteiger charge is -2.41. The summed E-state index contributed by atoms with van der Waals surface area (Å²) in [5.41, 5.74) is 14.4. The number of nitrogens with one attached hydrogen (secondary N) is 1. The molecular weight excluding hydrogens is 1500 g/mol. The van der Waals surface area contributed by atoms with Crippen molar-refractivity contribution in [1.82, 2.24) is 39.9 Å². The van der Waals surface area contributed by atoms with Crippen molar-refractivity contribution in [3.05, 3.63) is 212 Å². The molecule has 0 bridgehead atoms. The molecule has 0 spiro atoms. The van der Waals surface area contributed by atoms with Gasteiger partial charge in [-0.25, -0.2) is 19.2 Å². The summed E-state index contributed by atoms with van der Waals surface area (Å²) in [4.78, 5) is 94.2. The summed E-state index contributed by atoms with van der Waals surface area (Å²) in [5.74, 6) is 0.872. The van der Waals surface area contributed by atoms with Crippen LogP contribution in [0, 0.1) is 0 Å². The summed E-state index contributed by atoms with van der Waals surface area (Å²) < 4.78 is 39.6. The van der Waals surface area contributed by atoms with E-state index in [2.05, 4.69) is 56.7 Å². The molecule has 3 aromatic heterocycles. The summed E-state index contributed by atoms with van der Waals surface area (Å²) in [5, 5.41) is 2.55. The average Bonchev–Trinajstić information content (AvgIpc) is 1.59. The molecule has 588 valence electrons. The second-order valence-corrected chi connectivity index (χ2v) is 32.0. The Bertz CT molecular complexity index is 4520. The van der Waals surface area contributed by atoms with Crippen molar-refractivity contribution >= 4 is 82.6 Å². The molecular formula is C85H97Cl4N9O13. The number of aryl methyl sites for hydroxylation is 3. The number of hydrogen-bond acceptors (Lipinski definition) is 17. The molecule has 22 nitrogen and oxygen atoms in total. The SMILES string of the molecule is CC(C)(C)OC(=O)N1CC[C@H]1COc1cncc(-c2cccc(CCCN)c2)c1.CC(C)(C)OC(=O)N1CC[C@H]1COc1cncc(-c2cccc(CCCN3C(=O)c4c(Cl)c(Cl)c(Cl)c(Cl)c4C3=O)c2)c1.CC(C)(C)OC(=O)N1CC[C@H]1COc1cncc(-c2cccc(CCCNC(=O)OCc3ccccc3)c2)c1. The fourth-order valence-electron chi connectivity index (χ4n) is 12.4. The number of benzene rings is 5. The number of ether oxygens (including phenoxy) is 7. The number of nitrogens with zero attached hydrogens (tertiary/aromatic N) is 7. The van der Waals surface area contributed by atoms with E-state index in [1.54, 1.807) is 39.5 Å². The number of amides is 6. The van der Waals surface area contributed by atoms with E-state index in [4.69, 9.17) is 85.3 Å². The van der Waals surface area contributed by atoms with Gasteiger partial charge in [0, 0.05) is 68.0 Å². The highest BCUT2D eigenvalue weighted by atomic mass is 35.5. The number of imide groups is 1. The lowest BCUT2D eigenvalue weighted by molar-refractivity contribution is -0.0149. The van der Waals surface area contributed by atoms with Crippen LogP contribution >= 0.6 is 46.4 Å². The fraction of sp³-hybridized carbons (Fsp3) is 0.400. The lowest BCUT2D eigenvalue weighted by Crippen LogP contribution is -2.55. The Morgan fingerprint density at radius 3 is 1.16 bits per heavy atom. The predicted octanol–water partition coefficient (Wildman–Crippen LogP) is 18.0. The maximum Gasteiger partial charge on any atom is 0.410 e. The smallest absolute Gasteiger partial charge is 0.410 e. The van der Waals surface area contributed by atoms with Gasteiger partial charge in [0.1, 0.15) is 60.5 Å². The van der Waals surface area contributed by atoms with E-state index < -0.39 is 34.7 Å². The second-order valence-electron chi connectivity index (χ2n) is 30.5. The molecule has 0 aliphatic carbocycles. The molecule has 26 heteroatoms. The molecule has 12 rings (SSSR count). The number of hydrogen-bond donors (Lipinski definition) is 2. The minimum atomic E-state index is -0.550. The Labute approximate surface area is 669 Å². The van der Waals surface area contributed by atoms with Crippen molar-refractivity contribution in [2.24, 2.45) is 5.73 Å². The van der Waals surface area contributed by atoms with Gasteiger partial charge in [0.15, 0.2) is 0 Å². The van der Waals surface area contributed by atoms with Crippen LogP contribution in [0.5, 0.6) is 17.2 Å². The Morgan fingerprint density at radius 1 is 0.450 bits per heavy atom. The van der Waals surface area contributed by atoms with E-state index in [1.165, 1.54) is 11.1 Å². The summed E-state index contributed by atoms with van der Waals surface area (Å²) in [7, 11) is 0. The third-order valence-corrected chi connectivity index (χ3v) is 20.2. The Balaban J connectivity index is 0.000000180. The highest BCUT2D eigenvalue weighted by Crippen LogP contribution is 2.45. The Kier molecular flexibility index (Phi) is 29.0. The van der Waals surface area contributed by atoms with E-state index >= 15 is 0 Å². The van der Waals surface area contributed by atoms with Crippen molar-refractivity contribution in [1.29, 1.82) is 0 Å². The molecule has 3 atom stereocenters. The van der Waals surface area contributed by atoms with Gasteiger partial charge in [0.2, 0.25) is 0 Å². The second kappa shape index (κ2) is 38.5. The number of nitrogens with two attached hydrogens (primary N) is 1. The number of fused-ring (bicyclic) bond motifs is 1. The first-order valence-electron chi connectivity index (χ1n) is 37.3. The Hall–Kier alpha value is -9.71. The van der Waals surface area contributed by atoms with E-state index in [9.17, 15) is 28.8 Å². The molecule has 8 aromatic rings. The first-order chi connectivity index (χ1) is 53.0. The van der Waals surface area contributed by atoms with Crippen molar-refractivity contribution < 1.29 is 61.9 Å². The normalized spacial score (nSPS) is 15.7. The highest BCUT2D eigenvalue weighted by molar-refractivity contribution is 6.55. The standard InChI is InChI=1S/C31H29Cl4N3O5.C31H37N3O5.C23H31N3O3/c1-31(2,3)43-30(41)37-11-9-20(37)16-42-21-13-19(14-36-15-21)18-8-4-6-17(12-18)7-5-10-38-28(39)22-23(29(38)40)25(33)27(35)26(34)24(22)32;1-31(2,3)39-30(36)34-16-14-27(34)22-37-28-18-26(19-32-20-28)25-13-7-11-23(17-25)12-8-15-33-29(35)38-21-24-9-5-4-6-10-24;1-23(2,3)29-22(27)26-11-9-20(26)16-28-21-13-19(14-25-15-21)18-8-4-6-17(12-18)7-5-10-24/h4,6,8,12-15,20H,5,7,9-11,16H2,1-3H3;4-7,9-11,13,17-20,27H,8,12,14-16,21-22H2,1-3H3,(H,33,35);4,6,8,12-15,20H,5,7,9-11,16,24H2,1-3H3/t20-;27-;20-/m000/s1. The van der Waals surface area contributed by atoms with Gasteiger partial charge in [-0.15, -0.1) is 0 Å². The van der Waals surface area contributed by atoms with Crippen LogP contribution in [0.4, 0.5) is 19.2 Å². The van der Waals surface area contributed by atoms with Gasteiger partial charge in [0.05, 0.1) is 67.9 Å². The van der Waals surface area contributed by atoms with Gasteiger partial charge in [-0.3, -0.25) is 29.4 Å². The molecule has 111 heavy (non-hydrogen) atoms. The third kappa shape index (κ3) is 23.9. The van der Waals surface area contributed by atoms with Crippen LogP contribution in [0.25, 0.3) is 33.4 Å². The first kappa shape index (κ1) is 83.8. The van der Waals surface area contributed by atoms with Crippen LogP contribution in [0.15, 0.2) is 159 Å². The van der Waals surface area contributed by atoms with Crippen molar-refractivity contribution in [3.8, 4) is 50.6 Å². The molecule has 0 radical (unpaired) electrons. The zero-order valence-electron chi connectivity index (χ0n) is 64.2. The zero-order chi connectivity index (χ0) is 79.6. The number of aromatic nitrogens is 3. The molecule has 7 heterocycles. The number of pyridine rings is 3. The van der Waals surface area contributed by atoms with E-state index in [1.807, 2.05) is 160 Å². The van der Waals surface area contributed by atoms with E-state index in [0.29, 0.717) is 82.6 Å². The van der Waals surface area contributed by atoms with Crippen LogP contribution in [0.3, 0.4) is 0 Å². The van der Waals surface area contributed by atoms with Gasteiger partial charge in [0.25, 0.3) is 11.8 Å². The van der Waals surface area contributed by atoms with Gasteiger partial charge in [-0.05, 0) is 184 Å². The van der Waals surface area contributed by atoms with Crippen LogP contribution in [0.1, 0.15) is 144 Å². The van der Waals surface area contributed by atoms with Crippen LogP contribution in [-0.4, -0.2) is 165 Å². The summed E-state index contributed by atoms with van der Waals surface area (Å²) in [6.45, 7) is 21.6. The van der Waals surface area contributed by atoms with Gasteiger partial charge in [-0.1, -0.05) is 150 Å². The zero-order valence-corrected chi connectivity index (χ0v) is 67.2. The molecule has 4 aliphatic rings. The van der Waals surface area contributed by atoms with Gasteiger partial charge >= 0.3 is 24.4 Å². The van der Waals surface area contributed by atoms with Crippen molar-refractivity contribution in [2.45, 2.75) is 162 Å².